The summed E-state index contributed by atoms with van der Waals surface area (Å²) in [5.74, 6) is 0.416. The minimum Gasteiger partial charge on any atom is -0.497 e. The van der Waals surface area contributed by atoms with Crippen LogP contribution >= 0.6 is 12.2 Å². The summed E-state index contributed by atoms with van der Waals surface area (Å²) < 4.78 is 5.06. The molecule has 0 aliphatic carbocycles. The van der Waals surface area contributed by atoms with Crippen molar-refractivity contribution in [1.29, 1.82) is 0 Å². The zero-order chi connectivity index (χ0) is 16.8. The van der Waals surface area contributed by atoms with Crippen LogP contribution in [0, 0.1) is 13.8 Å². The van der Waals surface area contributed by atoms with Gasteiger partial charge in [-0.1, -0.05) is 12.1 Å². The van der Waals surface area contributed by atoms with Crippen molar-refractivity contribution in [2.75, 3.05) is 12.4 Å². The molecule has 120 valence electrons. The minimum atomic E-state index is -0.280. The summed E-state index contributed by atoms with van der Waals surface area (Å²) in [6.45, 7) is 3.99. The zero-order valence-electron chi connectivity index (χ0n) is 13.3. The standard InChI is InChI=1S/C17H19N3O2S/c1-11-4-5-12(2)15(10-11)18-17(23)20-19-16(21)13-6-8-14(22-3)9-7-13/h4-10H,1-3H3,(H,19,21)(H2,18,20,23). The quantitative estimate of drug-likeness (QED) is 0.597. The molecule has 1 amide bonds. The van der Waals surface area contributed by atoms with Crippen molar-refractivity contribution in [3.63, 3.8) is 0 Å². The summed E-state index contributed by atoms with van der Waals surface area (Å²) in [5, 5.41) is 3.38. The molecule has 6 heteroatoms. The van der Waals surface area contributed by atoms with Gasteiger partial charge in [0.25, 0.3) is 5.91 Å². The fraction of sp³-hybridized carbons (Fsp3) is 0.176. The number of hydrogen-bond donors (Lipinski definition) is 3. The molecule has 0 aromatic heterocycles. The average Bonchev–Trinajstić information content (AvgIpc) is 2.56. The molecule has 0 fully saturated rings. The second-order valence-corrected chi connectivity index (χ2v) is 5.49. The van der Waals surface area contributed by atoms with E-state index in [0.29, 0.717) is 16.4 Å². The molecule has 0 heterocycles. The van der Waals surface area contributed by atoms with Crippen LogP contribution < -0.4 is 20.9 Å². The van der Waals surface area contributed by atoms with E-state index in [1.165, 1.54) is 0 Å². The molecule has 0 saturated carbocycles. The summed E-state index contributed by atoms with van der Waals surface area (Å²) in [6.07, 6.45) is 0. The van der Waals surface area contributed by atoms with E-state index in [1.54, 1.807) is 31.4 Å². The number of methoxy groups -OCH3 is 1. The van der Waals surface area contributed by atoms with Crippen molar-refractivity contribution in [2.45, 2.75) is 13.8 Å². The van der Waals surface area contributed by atoms with Gasteiger partial charge >= 0.3 is 0 Å². The molecule has 2 rings (SSSR count). The molecule has 0 unspecified atom stereocenters. The van der Waals surface area contributed by atoms with Crippen LogP contribution in [0.2, 0.25) is 0 Å². The number of anilines is 1. The predicted octanol–water partition coefficient (Wildman–Crippen LogP) is 2.94. The Kier molecular flexibility index (Phi) is 5.54. The fourth-order valence-corrected chi connectivity index (χ4v) is 2.11. The summed E-state index contributed by atoms with van der Waals surface area (Å²) in [7, 11) is 1.58. The Morgan fingerprint density at radius 2 is 1.74 bits per heavy atom. The van der Waals surface area contributed by atoms with Crippen LogP contribution in [0.15, 0.2) is 42.5 Å². The first-order valence-corrected chi connectivity index (χ1v) is 7.49. The Morgan fingerprint density at radius 3 is 2.39 bits per heavy atom. The Morgan fingerprint density at radius 1 is 1.04 bits per heavy atom. The van der Waals surface area contributed by atoms with Crippen molar-refractivity contribution >= 4 is 28.9 Å². The zero-order valence-corrected chi connectivity index (χ0v) is 14.1. The van der Waals surface area contributed by atoms with Gasteiger partial charge in [-0.05, 0) is 67.5 Å². The van der Waals surface area contributed by atoms with Gasteiger partial charge in [0.1, 0.15) is 5.75 Å². The second kappa shape index (κ2) is 7.60. The van der Waals surface area contributed by atoms with E-state index >= 15 is 0 Å². The molecule has 0 radical (unpaired) electrons. The topological polar surface area (TPSA) is 62.4 Å². The van der Waals surface area contributed by atoms with E-state index in [1.807, 2.05) is 32.0 Å². The van der Waals surface area contributed by atoms with E-state index in [0.717, 1.165) is 16.8 Å². The first-order valence-electron chi connectivity index (χ1n) is 7.08. The van der Waals surface area contributed by atoms with Crippen molar-refractivity contribution in [3.05, 3.63) is 59.2 Å². The van der Waals surface area contributed by atoms with Gasteiger partial charge in [-0.3, -0.25) is 15.6 Å². The SMILES string of the molecule is COc1ccc(C(=O)NNC(=S)Nc2cc(C)ccc2C)cc1. The Labute approximate surface area is 141 Å². The summed E-state index contributed by atoms with van der Waals surface area (Å²) in [5.41, 5.74) is 8.86. The van der Waals surface area contributed by atoms with Crippen LogP contribution in [0.1, 0.15) is 21.5 Å². The van der Waals surface area contributed by atoms with Crippen LogP contribution in [-0.4, -0.2) is 18.1 Å². The Bertz CT molecular complexity index is 714. The number of carbonyl (C=O) groups excluding carboxylic acids is 1. The number of carbonyl (C=O) groups is 1. The van der Waals surface area contributed by atoms with Gasteiger partial charge < -0.3 is 10.1 Å². The molecule has 0 spiro atoms. The third-order valence-corrected chi connectivity index (χ3v) is 3.49. The lowest BCUT2D eigenvalue weighted by molar-refractivity contribution is 0.0944. The summed E-state index contributed by atoms with van der Waals surface area (Å²) in [6, 6.07) is 12.8. The molecule has 0 saturated heterocycles. The lowest BCUT2D eigenvalue weighted by atomic mass is 10.1. The second-order valence-electron chi connectivity index (χ2n) is 5.08. The number of rotatable bonds is 3. The highest BCUT2D eigenvalue weighted by Gasteiger charge is 2.07. The highest BCUT2D eigenvalue weighted by Crippen LogP contribution is 2.16. The summed E-state index contributed by atoms with van der Waals surface area (Å²) in [4.78, 5) is 12.0. The molecule has 0 aliphatic rings. The molecule has 5 nitrogen and oxygen atoms in total. The number of hydrogen-bond acceptors (Lipinski definition) is 3. The monoisotopic (exact) mass is 329 g/mol. The van der Waals surface area contributed by atoms with Gasteiger partial charge in [-0.15, -0.1) is 0 Å². The molecule has 0 aliphatic heterocycles. The van der Waals surface area contributed by atoms with Gasteiger partial charge in [0.05, 0.1) is 7.11 Å². The molecule has 0 bridgehead atoms. The maximum Gasteiger partial charge on any atom is 0.269 e. The smallest absolute Gasteiger partial charge is 0.269 e. The number of amides is 1. The Hall–Kier alpha value is -2.60. The van der Waals surface area contributed by atoms with Crippen molar-refractivity contribution in [3.8, 4) is 5.75 Å². The lowest BCUT2D eigenvalue weighted by Gasteiger charge is -2.14. The number of benzene rings is 2. The first kappa shape index (κ1) is 16.8. The van der Waals surface area contributed by atoms with E-state index in [9.17, 15) is 4.79 Å². The van der Waals surface area contributed by atoms with Gasteiger partial charge in [0.15, 0.2) is 5.11 Å². The highest BCUT2D eigenvalue weighted by molar-refractivity contribution is 7.80. The minimum absolute atomic E-state index is 0.280. The van der Waals surface area contributed by atoms with E-state index in [-0.39, 0.29) is 5.91 Å². The number of nitrogens with one attached hydrogen (secondary N) is 3. The normalized spacial score (nSPS) is 9.87. The molecule has 2 aromatic rings. The average molecular weight is 329 g/mol. The van der Waals surface area contributed by atoms with Gasteiger partial charge in [0, 0.05) is 11.3 Å². The number of aryl methyl sites for hydroxylation is 2. The third-order valence-electron chi connectivity index (χ3n) is 3.28. The maximum absolute atomic E-state index is 12.0. The van der Waals surface area contributed by atoms with Crippen LogP contribution in [0.25, 0.3) is 0 Å². The molecule has 0 atom stereocenters. The van der Waals surface area contributed by atoms with Crippen LogP contribution in [0.5, 0.6) is 5.75 Å². The molecule has 2 aromatic carbocycles. The van der Waals surface area contributed by atoms with E-state index < -0.39 is 0 Å². The van der Waals surface area contributed by atoms with Crippen LogP contribution in [0.4, 0.5) is 5.69 Å². The van der Waals surface area contributed by atoms with Crippen molar-refractivity contribution < 1.29 is 9.53 Å². The molecule has 23 heavy (non-hydrogen) atoms. The number of hydrazine groups is 1. The van der Waals surface area contributed by atoms with Gasteiger partial charge in [-0.2, -0.15) is 0 Å². The van der Waals surface area contributed by atoms with Crippen molar-refractivity contribution in [1.82, 2.24) is 10.9 Å². The fourth-order valence-electron chi connectivity index (χ4n) is 1.95. The third kappa shape index (κ3) is 4.69. The van der Waals surface area contributed by atoms with E-state index in [4.69, 9.17) is 17.0 Å². The van der Waals surface area contributed by atoms with Crippen LogP contribution in [0.3, 0.4) is 0 Å². The predicted molar refractivity (Wildman–Crippen MR) is 95.7 cm³/mol. The number of ether oxygens (including phenoxy) is 1. The molecule has 3 N–H and O–H groups in total. The first-order chi connectivity index (χ1) is 11.0. The highest BCUT2D eigenvalue weighted by atomic mass is 32.1. The maximum atomic E-state index is 12.0. The number of thiocarbonyl (C=S) groups is 1. The van der Waals surface area contributed by atoms with Gasteiger partial charge in [0.2, 0.25) is 0 Å². The summed E-state index contributed by atoms with van der Waals surface area (Å²) >= 11 is 5.19. The Balaban J connectivity index is 1.90. The lowest BCUT2D eigenvalue weighted by Crippen LogP contribution is -2.43. The van der Waals surface area contributed by atoms with Crippen molar-refractivity contribution in [2.24, 2.45) is 0 Å². The van der Waals surface area contributed by atoms with Gasteiger partial charge in [-0.25, -0.2) is 0 Å². The van der Waals surface area contributed by atoms with Crippen LogP contribution in [-0.2, 0) is 0 Å². The molecular formula is C17H19N3O2S. The van der Waals surface area contributed by atoms with E-state index in [2.05, 4.69) is 16.2 Å². The largest absolute Gasteiger partial charge is 0.497 e. The molecular weight excluding hydrogens is 310 g/mol.